The SMILES string of the molecule is NC1CCCC(S(=O)c2cc(Cl)ccc2Cl)C1. The van der Waals surface area contributed by atoms with Gasteiger partial charge in [0.05, 0.1) is 20.7 Å². The van der Waals surface area contributed by atoms with Crippen LogP contribution in [0, 0.1) is 0 Å². The van der Waals surface area contributed by atoms with Crippen molar-refractivity contribution >= 4 is 34.0 Å². The molecule has 2 N–H and O–H groups in total. The van der Waals surface area contributed by atoms with Gasteiger partial charge in [0.1, 0.15) is 0 Å². The van der Waals surface area contributed by atoms with E-state index in [1.165, 1.54) is 0 Å². The molecule has 1 saturated carbocycles. The highest BCUT2D eigenvalue weighted by molar-refractivity contribution is 7.85. The molecule has 94 valence electrons. The Morgan fingerprint density at radius 3 is 2.76 bits per heavy atom. The largest absolute Gasteiger partial charge is 0.328 e. The van der Waals surface area contributed by atoms with Crippen molar-refractivity contribution in [2.75, 3.05) is 0 Å². The highest BCUT2D eigenvalue weighted by Crippen LogP contribution is 2.30. The lowest BCUT2D eigenvalue weighted by Gasteiger charge is -2.26. The molecule has 1 aliphatic rings. The zero-order valence-electron chi connectivity index (χ0n) is 9.36. The summed E-state index contributed by atoms with van der Waals surface area (Å²) in [5.74, 6) is 0. The molecule has 0 aliphatic heterocycles. The van der Waals surface area contributed by atoms with Gasteiger partial charge in [0.15, 0.2) is 0 Å². The molecule has 5 heteroatoms. The summed E-state index contributed by atoms with van der Waals surface area (Å²) in [5.41, 5.74) is 5.92. The molecule has 0 aromatic heterocycles. The van der Waals surface area contributed by atoms with Crippen LogP contribution in [0.25, 0.3) is 0 Å². The molecule has 2 rings (SSSR count). The van der Waals surface area contributed by atoms with E-state index >= 15 is 0 Å². The molecule has 1 fully saturated rings. The zero-order valence-corrected chi connectivity index (χ0v) is 11.7. The van der Waals surface area contributed by atoms with Gasteiger partial charge in [0.25, 0.3) is 0 Å². The Morgan fingerprint density at radius 1 is 1.29 bits per heavy atom. The lowest BCUT2D eigenvalue weighted by atomic mass is 9.96. The minimum atomic E-state index is -1.11. The molecule has 3 unspecified atom stereocenters. The first-order valence-corrected chi connectivity index (χ1v) is 7.66. The summed E-state index contributed by atoms with van der Waals surface area (Å²) in [6, 6.07) is 5.26. The van der Waals surface area contributed by atoms with Gasteiger partial charge in [-0.3, -0.25) is 4.21 Å². The maximum absolute atomic E-state index is 12.4. The first-order chi connectivity index (χ1) is 8.08. The molecule has 0 spiro atoms. The van der Waals surface area contributed by atoms with Gasteiger partial charge in [-0.2, -0.15) is 0 Å². The van der Waals surface area contributed by atoms with E-state index in [0.717, 1.165) is 25.7 Å². The predicted molar refractivity (Wildman–Crippen MR) is 73.1 cm³/mol. The first kappa shape index (κ1) is 13.3. The molecule has 3 atom stereocenters. The summed E-state index contributed by atoms with van der Waals surface area (Å²) in [7, 11) is -1.11. The molecule has 1 aromatic carbocycles. The van der Waals surface area contributed by atoms with Gasteiger partial charge in [-0.15, -0.1) is 0 Å². The van der Waals surface area contributed by atoms with Crippen LogP contribution in [0.1, 0.15) is 25.7 Å². The van der Waals surface area contributed by atoms with Crippen molar-refractivity contribution in [2.24, 2.45) is 5.73 Å². The Kier molecular flexibility index (Phi) is 4.47. The van der Waals surface area contributed by atoms with E-state index in [-0.39, 0.29) is 11.3 Å². The van der Waals surface area contributed by atoms with Crippen LogP contribution in [0.3, 0.4) is 0 Å². The van der Waals surface area contributed by atoms with Crippen LogP contribution in [-0.2, 0) is 10.8 Å². The Hall–Kier alpha value is -0.0900. The maximum atomic E-state index is 12.4. The number of benzene rings is 1. The van der Waals surface area contributed by atoms with Crippen LogP contribution in [0.15, 0.2) is 23.1 Å². The molecule has 0 amide bonds. The highest BCUT2D eigenvalue weighted by Gasteiger charge is 2.26. The number of halogens is 2. The van der Waals surface area contributed by atoms with Crippen LogP contribution in [-0.4, -0.2) is 15.5 Å². The van der Waals surface area contributed by atoms with E-state index in [4.69, 9.17) is 28.9 Å². The molecule has 2 nitrogen and oxygen atoms in total. The van der Waals surface area contributed by atoms with Gasteiger partial charge < -0.3 is 5.73 Å². The lowest BCUT2D eigenvalue weighted by Crippen LogP contribution is -2.33. The summed E-state index contributed by atoms with van der Waals surface area (Å²) in [4.78, 5) is 0.637. The molecular weight excluding hydrogens is 277 g/mol. The topological polar surface area (TPSA) is 43.1 Å². The fraction of sp³-hybridized carbons (Fsp3) is 0.500. The zero-order chi connectivity index (χ0) is 12.4. The van der Waals surface area contributed by atoms with Gasteiger partial charge in [-0.05, 0) is 37.5 Å². The summed E-state index contributed by atoms with van der Waals surface area (Å²) in [6.07, 6.45) is 3.81. The number of nitrogens with two attached hydrogens (primary N) is 1. The Bertz CT molecular complexity index is 439. The quantitative estimate of drug-likeness (QED) is 0.908. The van der Waals surface area contributed by atoms with Crippen LogP contribution < -0.4 is 5.73 Å². The van der Waals surface area contributed by atoms with E-state index in [1.54, 1.807) is 18.2 Å². The maximum Gasteiger partial charge on any atom is 0.0591 e. The van der Waals surface area contributed by atoms with Crippen molar-refractivity contribution in [2.45, 2.75) is 41.9 Å². The average molecular weight is 292 g/mol. The second kappa shape index (κ2) is 5.70. The monoisotopic (exact) mass is 291 g/mol. The second-order valence-corrected chi connectivity index (χ2v) is 6.97. The molecule has 0 radical (unpaired) electrons. The van der Waals surface area contributed by atoms with E-state index in [0.29, 0.717) is 14.9 Å². The van der Waals surface area contributed by atoms with Crippen molar-refractivity contribution in [3.8, 4) is 0 Å². The van der Waals surface area contributed by atoms with Gasteiger partial charge in [-0.25, -0.2) is 0 Å². The Morgan fingerprint density at radius 2 is 2.06 bits per heavy atom. The normalized spacial score (nSPS) is 26.8. The van der Waals surface area contributed by atoms with Gasteiger partial charge in [-0.1, -0.05) is 29.6 Å². The van der Waals surface area contributed by atoms with Crippen LogP contribution in [0.4, 0.5) is 0 Å². The fourth-order valence-electron chi connectivity index (χ4n) is 2.19. The Labute approximate surface area is 114 Å². The van der Waals surface area contributed by atoms with Gasteiger partial charge in [0.2, 0.25) is 0 Å². The molecule has 0 heterocycles. The van der Waals surface area contributed by atoms with Crippen LogP contribution in [0.5, 0.6) is 0 Å². The lowest BCUT2D eigenvalue weighted by molar-refractivity contribution is 0.444. The van der Waals surface area contributed by atoms with Crippen molar-refractivity contribution in [3.63, 3.8) is 0 Å². The first-order valence-electron chi connectivity index (χ1n) is 5.69. The van der Waals surface area contributed by atoms with Crippen LogP contribution in [0.2, 0.25) is 10.0 Å². The van der Waals surface area contributed by atoms with E-state index in [1.807, 2.05) is 0 Å². The fourth-order valence-corrected chi connectivity index (χ4v) is 4.43. The van der Waals surface area contributed by atoms with Crippen molar-refractivity contribution in [1.82, 2.24) is 0 Å². The van der Waals surface area contributed by atoms with Crippen molar-refractivity contribution in [1.29, 1.82) is 0 Å². The van der Waals surface area contributed by atoms with E-state index in [2.05, 4.69) is 0 Å². The number of hydrogen-bond acceptors (Lipinski definition) is 2. The van der Waals surface area contributed by atoms with E-state index < -0.39 is 10.8 Å². The molecule has 0 bridgehead atoms. The van der Waals surface area contributed by atoms with Crippen molar-refractivity contribution in [3.05, 3.63) is 28.2 Å². The smallest absolute Gasteiger partial charge is 0.0591 e. The summed E-state index contributed by atoms with van der Waals surface area (Å²) < 4.78 is 12.4. The third kappa shape index (κ3) is 3.22. The molecule has 17 heavy (non-hydrogen) atoms. The minimum absolute atomic E-state index is 0.106. The van der Waals surface area contributed by atoms with Crippen molar-refractivity contribution < 1.29 is 4.21 Å². The standard InChI is InChI=1S/C12H15Cl2NOS/c13-8-4-5-11(14)12(6-8)17(16)10-3-1-2-9(15)7-10/h4-6,9-10H,1-3,7,15H2. The number of rotatable bonds is 2. The third-order valence-corrected chi connectivity index (χ3v) is 5.56. The van der Waals surface area contributed by atoms with Gasteiger partial charge in [0, 0.05) is 16.3 Å². The Balaban J connectivity index is 2.21. The van der Waals surface area contributed by atoms with Gasteiger partial charge >= 0.3 is 0 Å². The molecule has 1 aliphatic carbocycles. The summed E-state index contributed by atoms with van der Waals surface area (Å²) in [5, 5.41) is 1.19. The third-order valence-electron chi connectivity index (χ3n) is 3.08. The molecule has 1 aromatic rings. The molecule has 0 saturated heterocycles. The predicted octanol–water partition coefficient (Wildman–Crippen LogP) is 3.37. The highest BCUT2D eigenvalue weighted by atomic mass is 35.5. The summed E-state index contributed by atoms with van der Waals surface area (Å²) >= 11 is 12.0. The van der Waals surface area contributed by atoms with Crippen LogP contribution >= 0.6 is 23.2 Å². The average Bonchev–Trinajstić information content (AvgIpc) is 2.31. The second-order valence-electron chi connectivity index (χ2n) is 4.42. The molecular formula is C12H15Cl2NOS. The minimum Gasteiger partial charge on any atom is -0.328 e. The van der Waals surface area contributed by atoms with E-state index in [9.17, 15) is 4.21 Å². The summed E-state index contributed by atoms with van der Waals surface area (Å²) in [6.45, 7) is 0. The number of hydrogen-bond donors (Lipinski definition) is 1.